The van der Waals surface area contributed by atoms with E-state index in [0.717, 1.165) is 38.1 Å². The largest absolute Gasteiger partial charge is 0.451 e. The third-order valence-corrected chi connectivity index (χ3v) is 4.42. The number of nitrogens with zero attached hydrogens (tertiary/aromatic N) is 4. The molecular weight excluding hydrogens is 423 g/mol. The van der Waals surface area contributed by atoms with Crippen LogP contribution in [0.2, 0.25) is 0 Å². The van der Waals surface area contributed by atoms with Gasteiger partial charge in [-0.05, 0) is 31.0 Å². The molecule has 1 amide bonds. The summed E-state index contributed by atoms with van der Waals surface area (Å²) in [6.07, 6.45) is -2.88. The Hall–Kier alpha value is -3.77. The van der Waals surface area contributed by atoms with Gasteiger partial charge < -0.3 is 15.0 Å². The van der Waals surface area contributed by atoms with Gasteiger partial charge in [0.1, 0.15) is 0 Å². The van der Waals surface area contributed by atoms with Crippen molar-refractivity contribution >= 4 is 29.1 Å². The summed E-state index contributed by atoms with van der Waals surface area (Å²) in [5, 5.41) is 20.3. The fourth-order valence-corrected chi connectivity index (χ4v) is 2.93. The molecule has 0 spiro atoms. The minimum Gasteiger partial charge on any atom is -0.451 e. The van der Waals surface area contributed by atoms with Crippen molar-refractivity contribution in [3.63, 3.8) is 0 Å². The quantitative estimate of drug-likeness (QED) is 0.414. The molecule has 0 saturated carbocycles. The fourth-order valence-electron chi connectivity index (χ4n) is 2.93. The first-order chi connectivity index (χ1) is 14.6. The fraction of sp³-hybridized carbons (Fsp3) is 0.333. The molecule has 2 heterocycles. The summed E-state index contributed by atoms with van der Waals surface area (Å²) in [5.41, 5.74) is -3.05. The summed E-state index contributed by atoms with van der Waals surface area (Å²) >= 11 is 0. The number of anilines is 2. The summed E-state index contributed by atoms with van der Waals surface area (Å²) < 4.78 is 44.2. The minimum atomic E-state index is -4.95. The van der Waals surface area contributed by atoms with Crippen molar-refractivity contribution in [1.29, 1.82) is 0 Å². The predicted octanol–water partition coefficient (Wildman–Crippen LogP) is 2.80. The molecule has 13 heteroatoms. The number of nitrogens with one attached hydrogen (secondary N) is 1. The van der Waals surface area contributed by atoms with Gasteiger partial charge in [-0.25, -0.2) is 4.79 Å². The van der Waals surface area contributed by atoms with E-state index in [4.69, 9.17) is 4.74 Å². The number of benzene rings is 1. The highest BCUT2D eigenvalue weighted by Crippen LogP contribution is 2.37. The first-order valence-electron chi connectivity index (χ1n) is 9.06. The molecule has 3 rings (SSSR count). The first kappa shape index (κ1) is 21.9. The molecule has 0 atom stereocenters. The second kappa shape index (κ2) is 8.93. The summed E-state index contributed by atoms with van der Waals surface area (Å²) in [5.74, 6) is -1.44. The maximum atomic E-state index is 13.1. The number of nitro benzene ring substituents is 1. The summed E-state index contributed by atoms with van der Waals surface area (Å²) in [6.45, 7) is 0.783. The SMILES string of the molecule is O=C(COC(=O)c1ccc(N2CCCC2)nn1)Nc1ccc([N+](=O)[O-])cc1C(F)(F)F. The highest BCUT2D eigenvalue weighted by atomic mass is 19.4. The van der Waals surface area contributed by atoms with E-state index in [2.05, 4.69) is 10.2 Å². The zero-order chi connectivity index (χ0) is 22.6. The zero-order valence-electron chi connectivity index (χ0n) is 15.9. The van der Waals surface area contributed by atoms with E-state index < -0.39 is 46.5 Å². The third kappa shape index (κ3) is 5.43. The maximum Gasteiger partial charge on any atom is 0.418 e. The lowest BCUT2D eigenvalue weighted by molar-refractivity contribution is -0.385. The van der Waals surface area contributed by atoms with Crippen molar-refractivity contribution < 1.29 is 32.4 Å². The van der Waals surface area contributed by atoms with Crippen LogP contribution in [0, 0.1) is 10.1 Å². The molecule has 164 valence electrons. The second-order valence-electron chi connectivity index (χ2n) is 6.58. The number of rotatable bonds is 6. The topological polar surface area (TPSA) is 128 Å². The Labute approximate surface area is 173 Å². The van der Waals surface area contributed by atoms with Crippen molar-refractivity contribution in [3.05, 3.63) is 51.7 Å². The highest BCUT2D eigenvalue weighted by Gasteiger charge is 2.35. The number of ether oxygens (including phenoxy) is 1. The maximum absolute atomic E-state index is 13.1. The normalized spacial score (nSPS) is 13.7. The van der Waals surface area contributed by atoms with Crippen LogP contribution in [-0.4, -0.2) is 46.7 Å². The van der Waals surface area contributed by atoms with Gasteiger partial charge >= 0.3 is 12.1 Å². The van der Waals surface area contributed by atoms with Gasteiger partial charge in [-0.3, -0.25) is 14.9 Å². The number of carbonyl (C=O) groups excluding carboxylic acids is 2. The molecule has 0 bridgehead atoms. The van der Waals surface area contributed by atoms with Crippen molar-refractivity contribution in [2.45, 2.75) is 19.0 Å². The number of halogens is 3. The van der Waals surface area contributed by atoms with Crippen molar-refractivity contribution in [1.82, 2.24) is 10.2 Å². The van der Waals surface area contributed by atoms with Crippen LogP contribution in [0.25, 0.3) is 0 Å². The van der Waals surface area contributed by atoms with Gasteiger partial charge in [-0.1, -0.05) is 0 Å². The van der Waals surface area contributed by atoms with Crippen molar-refractivity contribution in [2.24, 2.45) is 0 Å². The van der Waals surface area contributed by atoms with E-state index in [1.165, 1.54) is 6.07 Å². The number of aromatic nitrogens is 2. The molecule has 1 saturated heterocycles. The number of hydrogen-bond donors (Lipinski definition) is 1. The van der Waals surface area contributed by atoms with Crippen LogP contribution in [0.4, 0.5) is 30.4 Å². The molecule has 0 radical (unpaired) electrons. The molecule has 10 nitrogen and oxygen atoms in total. The number of amides is 1. The summed E-state index contributed by atoms with van der Waals surface area (Å²) in [6, 6.07) is 4.83. The van der Waals surface area contributed by atoms with Gasteiger partial charge in [-0.2, -0.15) is 13.2 Å². The average molecular weight is 439 g/mol. The van der Waals surface area contributed by atoms with Crippen LogP contribution < -0.4 is 10.2 Å². The van der Waals surface area contributed by atoms with Crippen LogP contribution in [0.5, 0.6) is 0 Å². The molecule has 1 aliphatic heterocycles. The van der Waals surface area contributed by atoms with E-state index in [9.17, 15) is 32.9 Å². The highest BCUT2D eigenvalue weighted by molar-refractivity contribution is 5.95. The standard InChI is InChI=1S/C18H16F3N5O5/c19-18(20,21)12-9-11(26(29)30)3-4-13(12)22-16(27)10-31-17(28)14-5-6-15(24-23-14)25-7-1-2-8-25/h3-6,9H,1-2,7-8,10H2,(H,22,27). The van der Waals surface area contributed by atoms with Crippen molar-refractivity contribution in [2.75, 3.05) is 29.9 Å². The first-order valence-corrected chi connectivity index (χ1v) is 9.06. The van der Waals surface area contributed by atoms with Crippen LogP contribution in [-0.2, 0) is 15.7 Å². The molecule has 31 heavy (non-hydrogen) atoms. The van der Waals surface area contributed by atoms with Crippen LogP contribution in [0.15, 0.2) is 30.3 Å². The summed E-state index contributed by atoms with van der Waals surface area (Å²) in [7, 11) is 0. The molecule has 1 N–H and O–H groups in total. The molecule has 1 aromatic carbocycles. The van der Waals surface area contributed by atoms with Gasteiger partial charge in [0, 0.05) is 25.2 Å². The Morgan fingerprint density at radius 2 is 1.87 bits per heavy atom. The van der Waals surface area contributed by atoms with E-state index in [1.54, 1.807) is 6.07 Å². The Morgan fingerprint density at radius 1 is 1.16 bits per heavy atom. The second-order valence-corrected chi connectivity index (χ2v) is 6.58. The van der Waals surface area contributed by atoms with Gasteiger partial charge in [0.25, 0.3) is 11.6 Å². The predicted molar refractivity (Wildman–Crippen MR) is 100 cm³/mol. The van der Waals surface area contributed by atoms with Gasteiger partial charge in [-0.15, -0.1) is 10.2 Å². The monoisotopic (exact) mass is 439 g/mol. The minimum absolute atomic E-state index is 0.165. The Bertz CT molecular complexity index is 991. The molecule has 1 fully saturated rings. The van der Waals surface area contributed by atoms with Crippen LogP contribution in [0.3, 0.4) is 0 Å². The lowest BCUT2D eigenvalue weighted by atomic mass is 10.1. The van der Waals surface area contributed by atoms with E-state index in [1.807, 2.05) is 10.2 Å². The van der Waals surface area contributed by atoms with Gasteiger partial charge in [0.05, 0.1) is 16.2 Å². The number of esters is 1. The molecular formula is C18H16F3N5O5. The average Bonchev–Trinajstić information content (AvgIpc) is 3.26. The van der Waals surface area contributed by atoms with Crippen molar-refractivity contribution in [3.8, 4) is 0 Å². The van der Waals surface area contributed by atoms with Gasteiger partial charge in [0.2, 0.25) is 0 Å². The zero-order valence-corrected chi connectivity index (χ0v) is 15.9. The molecule has 0 unspecified atom stereocenters. The van der Waals surface area contributed by atoms with Gasteiger partial charge in [0.15, 0.2) is 18.1 Å². The molecule has 1 aliphatic rings. The number of non-ortho nitro benzene ring substituents is 1. The van der Waals surface area contributed by atoms with Crippen LogP contribution >= 0.6 is 0 Å². The number of hydrogen-bond acceptors (Lipinski definition) is 8. The summed E-state index contributed by atoms with van der Waals surface area (Å²) in [4.78, 5) is 35.7. The van der Waals surface area contributed by atoms with E-state index in [0.29, 0.717) is 11.9 Å². The lowest BCUT2D eigenvalue weighted by Crippen LogP contribution is -2.23. The molecule has 0 aliphatic carbocycles. The number of alkyl halides is 3. The third-order valence-electron chi connectivity index (χ3n) is 4.42. The number of carbonyl (C=O) groups is 2. The van der Waals surface area contributed by atoms with E-state index in [-0.39, 0.29) is 5.69 Å². The Kier molecular flexibility index (Phi) is 6.32. The van der Waals surface area contributed by atoms with Crippen LogP contribution in [0.1, 0.15) is 28.9 Å². The van der Waals surface area contributed by atoms with E-state index >= 15 is 0 Å². The Morgan fingerprint density at radius 3 is 2.45 bits per heavy atom. The molecule has 1 aromatic heterocycles. The smallest absolute Gasteiger partial charge is 0.418 e. The molecule has 2 aromatic rings. The number of nitro groups is 1. The Balaban J connectivity index is 1.61. The lowest BCUT2D eigenvalue weighted by Gasteiger charge is -2.15.